The van der Waals surface area contributed by atoms with E-state index in [0.29, 0.717) is 12.6 Å². The largest absolute Gasteiger partial charge is 0.325 e. The second-order valence-electron chi connectivity index (χ2n) is 2.76. The van der Waals surface area contributed by atoms with Crippen LogP contribution in [0.2, 0.25) is 0 Å². The molecular weight excluding hydrogens is 119 g/mol. The minimum Gasteiger partial charge on any atom is -0.325 e. The van der Waals surface area contributed by atoms with Crippen LogP contribution in [0.3, 0.4) is 0 Å². The van der Waals surface area contributed by atoms with Crippen molar-refractivity contribution >= 4 is 0 Å². The van der Waals surface area contributed by atoms with E-state index >= 15 is 0 Å². The summed E-state index contributed by atoms with van der Waals surface area (Å²) in [5.74, 6) is 0. The van der Waals surface area contributed by atoms with E-state index in [4.69, 9.17) is 5.73 Å². The van der Waals surface area contributed by atoms with Gasteiger partial charge in [0, 0.05) is 25.7 Å². The van der Waals surface area contributed by atoms with Gasteiger partial charge in [-0.1, -0.05) is 0 Å². The smallest absolute Gasteiger partial charge is 0.110 e. The van der Waals surface area contributed by atoms with Crippen molar-refractivity contribution in [1.82, 2.24) is 4.90 Å². The highest BCUT2D eigenvalue weighted by atomic mass is 19.1. The van der Waals surface area contributed by atoms with Gasteiger partial charge in [-0.15, -0.1) is 0 Å². The molecule has 0 bridgehead atoms. The molecule has 0 amide bonds. The van der Waals surface area contributed by atoms with Gasteiger partial charge >= 0.3 is 0 Å². The third-order valence-electron chi connectivity index (χ3n) is 1.50. The first-order chi connectivity index (χ1) is 4.18. The lowest BCUT2D eigenvalue weighted by atomic mass is 10.1. The normalized spacial score (nSPS) is 25.7. The number of hydrogen-bond acceptors (Lipinski definition) is 2. The SMILES string of the molecule is C[C@H](F)CN1CC(N)C1. The van der Waals surface area contributed by atoms with Gasteiger partial charge < -0.3 is 5.73 Å². The van der Waals surface area contributed by atoms with Crippen LogP contribution in [0.4, 0.5) is 4.39 Å². The lowest BCUT2D eigenvalue weighted by Gasteiger charge is -2.37. The maximum atomic E-state index is 12.2. The van der Waals surface area contributed by atoms with Crippen LogP contribution in [0, 0.1) is 0 Å². The van der Waals surface area contributed by atoms with Crippen molar-refractivity contribution in [3.05, 3.63) is 0 Å². The van der Waals surface area contributed by atoms with Crippen LogP contribution in [0.25, 0.3) is 0 Å². The minimum atomic E-state index is -0.711. The maximum absolute atomic E-state index is 12.2. The number of halogens is 1. The molecule has 0 aliphatic carbocycles. The van der Waals surface area contributed by atoms with E-state index < -0.39 is 6.17 Å². The highest BCUT2D eigenvalue weighted by Crippen LogP contribution is 2.06. The Morgan fingerprint density at radius 3 is 2.67 bits per heavy atom. The summed E-state index contributed by atoms with van der Waals surface area (Å²) in [7, 11) is 0. The first-order valence-electron chi connectivity index (χ1n) is 3.30. The number of rotatable bonds is 2. The molecule has 1 atom stereocenters. The van der Waals surface area contributed by atoms with Gasteiger partial charge in [-0.25, -0.2) is 4.39 Å². The zero-order chi connectivity index (χ0) is 6.85. The van der Waals surface area contributed by atoms with Gasteiger partial charge in [0.1, 0.15) is 6.17 Å². The maximum Gasteiger partial charge on any atom is 0.110 e. The molecule has 0 saturated carbocycles. The molecule has 1 aliphatic heterocycles. The molecule has 1 heterocycles. The molecule has 0 unspecified atom stereocenters. The highest BCUT2D eigenvalue weighted by Gasteiger charge is 2.23. The van der Waals surface area contributed by atoms with Crippen LogP contribution in [-0.4, -0.2) is 36.7 Å². The predicted molar refractivity (Wildman–Crippen MR) is 35.0 cm³/mol. The van der Waals surface area contributed by atoms with Crippen molar-refractivity contribution in [2.45, 2.75) is 19.1 Å². The molecule has 0 spiro atoms. The van der Waals surface area contributed by atoms with Crippen LogP contribution in [0.15, 0.2) is 0 Å². The van der Waals surface area contributed by atoms with Crippen molar-refractivity contribution in [1.29, 1.82) is 0 Å². The van der Waals surface area contributed by atoms with E-state index in [1.165, 1.54) is 0 Å². The van der Waals surface area contributed by atoms with Gasteiger partial charge in [-0.3, -0.25) is 4.90 Å². The minimum absolute atomic E-state index is 0.295. The predicted octanol–water partition coefficient (Wildman–Crippen LogP) is -0.0127. The Morgan fingerprint density at radius 1 is 1.78 bits per heavy atom. The van der Waals surface area contributed by atoms with E-state index in [1.54, 1.807) is 6.92 Å². The van der Waals surface area contributed by atoms with Gasteiger partial charge in [0.2, 0.25) is 0 Å². The molecule has 0 aromatic rings. The van der Waals surface area contributed by atoms with Crippen molar-refractivity contribution in [2.24, 2.45) is 5.73 Å². The lowest BCUT2D eigenvalue weighted by molar-refractivity contribution is 0.115. The molecule has 2 N–H and O–H groups in total. The molecule has 0 aromatic heterocycles. The monoisotopic (exact) mass is 132 g/mol. The fraction of sp³-hybridized carbons (Fsp3) is 1.00. The van der Waals surface area contributed by atoms with Gasteiger partial charge in [0.05, 0.1) is 0 Å². The van der Waals surface area contributed by atoms with Crippen LogP contribution in [0.5, 0.6) is 0 Å². The molecule has 1 fully saturated rings. The number of nitrogens with two attached hydrogens (primary N) is 1. The average molecular weight is 132 g/mol. The first-order valence-corrected chi connectivity index (χ1v) is 3.30. The molecule has 9 heavy (non-hydrogen) atoms. The van der Waals surface area contributed by atoms with E-state index in [1.807, 2.05) is 4.90 Å². The second kappa shape index (κ2) is 2.62. The summed E-state index contributed by atoms with van der Waals surface area (Å²) in [6.07, 6.45) is -0.711. The molecular formula is C6H13FN2. The first kappa shape index (κ1) is 6.96. The second-order valence-corrected chi connectivity index (χ2v) is 2.76. The molecule has 0 aromatic carbocycles. The van der Waals surface area contributed by atoms with Gasteiger partial charge in [-0.05, 0) is 6.92 Å². The third kappa shape index (κ3) is 1.91. The summed E-state index contributed by atoms with van der Waals surface area (Å²) in [6.45, 7) is 3.86. The summed E-state index contributed by atoms with van der Waals surface area (Å²) in [4.78, 5) is 2.02. The summed E-state index contributed by atoms with van der Waals surface area (Å²) in [5, 5.41) is 0. The van der Waals surface area contributed by atoms with Crippen molar-refractivity contribution in [3.8, 4) is 0 Å². The van der Waals surface area contributed by atoms with E-state index in [0.717, 1.165) is 13.1 Å². The Labute approximate surface area is 54.8 Å². The quantitative estimate of drug-likeness (QED) is 0.572. The number of likely N-dealkylation sites (tertiary alicyclic amines) is 1. The van der Waals surface area contributed by atoms with Crippen LogP contribution in [-0.2, 0) is 0 Å². The van der Waals surface area contributed by atoms with E-state index in [2.05, 4.69) is 0 Å². The number of alkyl halides is 1. The third-order valence-corrected chi connectivity index (χ3v) is 1.50. The zero-order valence-electron chi connectivity index (χ0n) is 5.68. The van der Waals surface area contributed by atoms with Gasteiger partial charge in [0.15, 0.2) is 0 Å². The lowest BCUT2D eigenvalue weighted by Crippen LogP contribution is -2.56. The molecule has 1 saturated heterocycles. The zero-order valence-corrected chi connectivity index (χ0v) is 5.68. The molecule has 2 nitrogen and oxygen atoms in total. The van der Waals surface area contributed by atoms with Crippen molar-refractivity contribution in [2.75, 3.05) is 19.6 Å². The molecule has 54 valence electrons. The standard InChI is InChI=1S/C6H13FN2/c1-5(7)2-9-3-6(8)4-9/h5-6H,2-4,8H2,1H3/t5-/m0/s1. The fourth-order valence-electron chi connectivity index (χ4n) is 1.11. The molecule has 3 heteroatoms. The fourth-order valence-corrected chi connectivity index (χ4v) is 1.11. The van der Waals surface area contributed by atoms with Crippen LogP contribution >= 0.6 is 0 Å². The van der Waals surface area contributed by atoms with Gasteiger partial charge in [-0.2, -0.15) is 0 Å². The highest BCUT2D eigenvalue weighted by molar-refractivity contribution is 4.83. The summed E-state index contributed by atoms with van der Waals surface area (Å²) < 4.78 is 12.2. The summed E-state index contributed by atoms with van der Waals surface area (Å²) in [5.41, 5.74) is 5.48. The Bertz CT molecular complexity index is 89.1. The van der Waals surface area contributed by atoms with E-state index in [9.17, 15) is 4.39 Å². The van der Waals surface area contributed by atoms with Crippen molar-refractivity contribution < 1.29 is 4.39 Å². The Morgan fingerprint density at radius 2 is 2.33 bits per heavy atom. The summed E-state index contributed by atoms with van der Waals surface area (Å²) >= 11 is 0. The summed E-state index contributed by atoms with van der Waals surface area (Å²) in [6, 6.07) is 0.295. The average Bonchev–Trinajstić information content (AvgIpc) is 1.60. The Hall–Kier alpha value is -0.150. The molecule has 0 radical (unpaired) electrons. The molecule has 1 rings (SSSR count). The number of nitrogens with zero attached hydrogens (tertiary/aromatic N) is 1. The number of hydrogen-bond donors (Lipinski definition) is 1. The van der Waals surface area contributed by atoms with Crippen LogP contribution in [0.1, 0.15) is 6.92 Å². The van der Waals surface area contributed by atoms with E-state index in [-0.39, 0.29) is 0 Å². The van der Waals surface area contributed by atoms with Crippen molar-refractivity contribution in [3.63, 3.8) is 0 Å². The Balaban J connectivity index is 2.04. The van der Waals surface area contributed by atoms with Gasteiger partial charge in [0.25, 0.3) is 0 Å². The topological polar surface area (TPSA) is 29.3 Å². The molecule has 1 aliphatic rings. The Kier molecular flexibility index (Phi) is 2.03. The van der Waals surface area contributed by atoms with Crippen LogP contribution < -0.4 is 5.73 Å².